The number of aromatic nitrogens is 3. The maximum Gasteiger partial charge on any atom is 0.260 e. The van der Waals surface area contributed by atoms with E-state index in [0.717, 1.165) is 141 Å². The normalized spacial score (nSPS) is 14.7. The van der Waals surface area contributed by atoms with E-state index in [0.29, 0.717) is 0 Å². The van der Waals surface area contributed by atoms with Crippen molar-refractivity contribution in [1.82, 2.24) is 13.7 Å². The molecule has 9 heterocycles. The van der Waals surface area contributed by atoms with Crippen molar-refractivity contribution in [3.63, 3.8) is 0 Å². The molecule has 0 atom stereocenters. The van der Waals surface area contributed by atoms with E-state index in [4.69, 9.17) is 18.9 Å². The van der Waals surface area contributed by atoms with Crippen molar-refractivity contribution in [2.24, 2.45) is 0 Å². The van der Waals surface area contributed by atoms with E-state index in [1.807, 2.05) is 0 Å². The fourth-order valence-electron chi connectivity index (χ4n) is 21.3. The van der Waals surface area contributed by atoms with Gasteiger partial charge in [-0.2, -0.15) is 0 Å². The number of fused-ring (bicyclic) bond motifs is 21. The van der Waals surface area contributed by atoms with E-state index < -0.39 is 0 Å². The zero-order chi connectivity index (χ0) is 88.3. The molecule has 126 heavy (non-hydrogen) atoms. The van der Waals surface area contributed by atoms with Crippen LogP contribution >= 0.6 is 23.9 Å². The number of ether oxygens (including phenoxy) is 4. The number of rotatable bonds is 5. The predicted molar refractivity (Wildman–Crippen MR) is 543 cm³/mol. The van der Waals surface area contributed by atoms with Crippen LogP contribution < -0.4 is 76.7 Å². The largest absolute Gasteiger partial charge is 0.458 e. The summed E-state index contributed by atoms with van der Waals surface area (Å²) in [6, 6.07) is 80.9. The monoisotopic (exact) mass is 1690 g/mol. The summed E-state index contributed by atoms with van der Waals surface area (Å²) in [6.07, 6.45) is 4.50. The minimum Gasteiger partial charge on any atom is -0.458 e. The van der Waals surface area contributed by atoms with Gasteiger partial charge in [0.1, 0.15) is 46.0 Å². The molecule has 14 heteroatoms. The summed E-state index contributed by atoms with van der Waals surface area (Å²) in [5.74, 6) is 6.51. The van der Waals surface area contributed by atoms with Gasteiger partial charge in [-0.15, -0.1) is 0 Å². The summed E-state index contributed by atoms with van der Waals surface area (Å²) in [7, 11) is 0. The maximum atomic E-state index is 7.88. The van der Waals surface area contributed by atoms with Crippen LogP contribution in [0.3, 0.4) is 0 Å². The Labute approximate surface area is 753 Å². The van der Waals surface area contributed by atoms with Gasteiger partial charge in [0.25, 0.3) is 20.1 Å². The van der Waals surface area contributed by atoms with E-state index in [9.17, 15) is 0 Å². The molecule has 0 unspecified atom stereocenters. The summed E-state index contributed by atoms with van der Waals surface area (Å²) in [6.45, 7) is 54.8. The van der Waals surface area contributed by atoms with Crippen LogP contribution in [0.5, 0.6) is 46.0 Å². The lowest BCUT2D eigenvalue weighted by molar-refractivity contribution is 0.463. The van der Waals surface area contributed by atoms with Gasteiger partial charge in [-0.1, -0.05) is 239 Å². The lowest BCUT2D eigenvalue weighted by Crippen LogP contribution is -2.65. The van der Waals surface area contributed by atoms with Gasteiger partial charge in [0, 0.05) is 92.2 Å². The van der Waals surface area contributed by atoms with Crippen LogP contribution in [0.2, 0.25) is 0 Å². The van der Waals surface area contributed by atoms with E-state index in [-0.39, 0.29) is 63.5 Å². The third-order valence-corrected chi connectivity index (χ3v) is 30.0. The molecule has 0 fully saturated rings. The maximum absolute atomic E-state index is 7.88. The molecule has 630 valence electrons. The summed E-state index contributed by atoms with van der Waals surface area (Å²) < 4.78 is 43.2. The minimum absolute atomic E-state index is 0.0595. The van der Waals surface area contributed by atoms with Gasteiger partial charge in [-0.3, -0.25) is 8.61 Å². The fourth-order valence-corrected chi connectivity index (χ4v) is 22.7. The van der Waals surface area contributed by atoms with Crippen molar-refractivity contribution in [2.75, 3.05) is 21.1 Å². The van der Waals surface area contributed by atoms with Crippen molar-refractivity contribution in [3.05, 3.63) is 251 Å². The smallest absolute Gasteiger partial charge is 0.260 e. The molecule has 0 spiro atoms. The Hall–Kier alpha value is -11.0. The molecule has 0 amide bonds. The van der Waals surface area contributed by atoms with Crippen molar-refractivity contribution >= 4 is 181 Å². The lowest BCUT2D eigenvalue weighted by atomic mass is 9.29. The molecule has 6 aliphatic heterocycles. The highest BCUT2D eigenvalue weighted by molar-refractivity contribution is 8.00. The second-order valence-corrected chi connectivity index (χ2v) is 46.5. The third kappa shape index (κ3) is 12.2. The SMILES string of the molecule is CSN1c2cc3c(cc2B2c4cc5c(cc4N(SC)c4cc(-n6c7ccc(C(C)(C)C)cc7c7cc(C(C)(C)C)ccc76)cc1c42)Oc1cc(-n2c4ccc(C(C)(C)C)cc4c4cc(C(C)(C)C)ccc42)cc2c1B5c1cc(C(C)(C)C)ccc1O2)B1c2cc(C(C)(C)C)ccc2Oc2cc(-n4c5ccc(C(C)(C)C)cc5c5cc(C(C)(C)C)ccc54)cc(c21)O3. The average Bonchev–Trinajstić information content (AvgIpc) is 0.773. The van der Waals surface area contributed by atoms with Crippen LogP contribution in [-0.4, -0.2) is 46.4 Å². The predicted octanol–water partition coefficient (Wildman–Crippen LogP) is 24.8. The molecule has 22 rings (SSSR count). The molecule has 3 aromatic heterocycles. The topological polar surface area (TPSA) is 58.2 Å². The van der Waals surface area contributed by atoms with Crippen LogP contribution in [0.25, 0.3) is 82.5 Å². The van der Waals surface area contributed by atoms with Gasteiger partial charge in [-0.25, -0.2) is 0 Å². The first-order chi connectivity index (χ1) is 59.4. The zero-order valence-electron chi connectivity index (χ0n) is 78.0. The average molecular weight is 1690 g/mol. The quantitative estimate of drug-likeness (QED) is 0.125. The highest BCUT2D eigenvalue weighted by Crippen LogP contribution is 2.52. The fraction of sp³-hybridized carbons (Fsp3) is 0.304. The van der Waals surface area contributed by atoms with Gasteiger partial charge >= 0.3 is 0 Å². The molecule has 9 nitrogen and oxygen atoms in total. The number of hydrogen-bond acceptors (Lipinski definition) is 8. The standard InChI is InChI=1S/C112H112B3N5O4S2/c1-105(2,3)61-27-35-84-72(43-61)73-44-62(106(4,5)6)28-36-85(73)116(84)69-51-92-102-93(52-69)120(126-26)91-60-97-83(115-81-50-68(112(22,23)24)34-42-95(81)122-99-54-71(56-101(124-97)104(99)115)118-88-39-31-65(109(13,14)15)47-76(88)77-48-66(110(16,17)18)32-40-89(77)118)58-79(91)113(102)78-57-82-96(59-90(78)119(92)125-25)123-100-55-70(53-98-103(100)114(82)80-49-67(111(19,20)21)33-41-94(80)121-98)117-86-37-29-63(107(7,8)9)45-74(86)75-46-64(108(10,11)12)30-38-87(75)117/h27-60H,1-26H3. The van der Waals surface area contributed by atoms with Gasteiger partial charge < -0.3 is 32.6 Å². The van der Waals surface area contributed by atoms with Crippen molar-refractivity contribution in [2.45, 2.75) is 209 Å². The van der Waals surface area contributed by atoms with Crippen LogP contribution in [0.15, 0.2) is 206 Å². The first-order valence-corrected chi connectivity index (χ1v) is 47.6. The van der Waals surface area contributed by atoms with Crippen molar-refractivity contribution in [1.29, 1.82) is 0 Å². The Kier molecular flexibility index (Phi) is 17.2. The highest BCUT2D eigenvalue weighted by Gasteiger charge is 2.51. The molecule has 0 radical (unpaired) electrons. The van der Waals surface area contributed by atoms with Crippen molar-refractivity contribution in [3.8, 4) is 63.1 Å². The number of hydrogen-bond donors (Lipinski definition) is 0. The molecular formula is C112H112B3N5O4S2. The van der Waals surface area contributed by atoms with Crippen molar-refractivity contribution < 1.29 is 18.9 Å². The third-order valence-electron chi connectivity index (χ3n) is 28.5. The first kappa shape index (κ1) is 80.8. The number of anilines is 4. The van der Waals surface area contributed by atoms with Crippen LogP contribution in [0.1, 0.15) is 211 Å². The van der Waals surface area contributed by atoms with Crippen LogP contribution in [-0.2, 0) is 43.3 Å². The number of nitrogens with zero attached hydrogens (tertiary/aromatic N) is 5. The Morgan fingerprint density at radius 3 is 0.683 bits per heavy atom. The molecule has 0 saturated carbocycles. The zero-order valence-corrected chi connectivity index (χ0v) is 79.7. The van der Waals surface area contributed by atoms with E-state index in [1.165, 1.54) is 104 Å². The molecule has 0 N–H and O–H groups in total. The molecule has 16 aromatic rings. The molecular weight excluding hydrogens is 1580 g/mol. The van der Waals surface area contributed by atoms with E-state index in [1.54, 1.807) is 23.9 Å². The summed E-state index contributed by atoms with van der Waals surface area (Å²) >= 11 is 3.52. The summed E-state index contributed by atoms with van der Waals surface area (Å²) in [5, 5.41) is 7.41. The Bertz CT molecular complexity index is 6930. The molecule has 0 saturated heterocycles. The Morgan fingerprint density at radius 2 is 0.429 bits per heavy atom. The van der Waals surface area contributed by atoms with Crippen LogP contribution in [0, 0.1) is 0 Å². The van der Waals surface area contributed by atoms with E-state index in [2.05, 4.69) is 407 Å². The minimum atomic E-state index is -0.300. The summed E-state index contributed by atoms with van der Waals surface area (Å²) in [4.78, 5) is 0. The Morgan fingerprint density at radius 1 is 0.206 bits per heavy atom. The highest BCUT2D eigenvalue weighted by atomic mass is 32.2. The van der Waals surface area contributed by atoms with E-state index >= 15 is 0 Å². The van der Waals surface area contributed by atoms with Gasteiger partial charge in [-0.05, 0) is 247 Å². The second-order valence-electron chi connectivity index (χ2n) is 45.1. The van der Waals surface area contributed by atoms with Gasteiger partial charge in [0.2, 0.25) is 0 Å². The Balaban J connectivity index is 0.800. The van der Waals surface area contributed by atoms with Gasteiger partial charge in [0.15, 0.2) is 0 Å². The molecule has 13 aromatic carbocycles. The molecule has 0 aliphatic carbocycles. The van der Waals surface area contributed by atoms with Gasteiger partial charge in [0.05, 0.1) is 72.9 Å². The lowest BCUT2D eigenvalue weighted by Gasteiger charge is -2.44. The second kappa shape index (κ2) is 26.8. The summed E-state index contributed by atoms with van der Waals surface area (Å²) in [5.41, 5.74) is 34.1. The molecule has 6 aliphatic rings. The van der Waals surface area contributed by atoms with Crippen LogP contribution in [0.4, 0.5) is 22.7 Å². The molecule has 0 bridgehead atoms. The first-order valence-electron chi connectivity index (χ1n) is 45.2. The number of benzene rings is 13.